The Hall–Kier alpha value is -1.29. The zero-order chi connectivity index (χ0) is 13.5. The van der Waals surface area contributed by atoms with E-state index >= 15 is 0 Å². The molecule has 4 heteroatoms. The molecule has 0 aliphatic heterocycles. The summed E-state index contributed by atoms with van der Waals surface area (Å²) in [5, 5.41) is 6.09. The smallest absolute Gasteiger partial charge is 0.233 e. The first-order valence-electron chi connectivity index (χ1n) is 6.61. The Labute approximate surface area is 109 Å². The number of rotatable bonds is 7. The minimum absolute atomic E-state index is 0.0492. The largest absolute Gasteiger partial charge is 0.466 e. The fourth-order valence-corrected chi connectivity index (χ4v) is 1.90. The average molecular weight is 252 g/mol. The summed E-state index contributed by atoms with van der Waals surface area (Å²) >= 11 is 0. The molecule has 0 saturated heterocycles. The normalized spacial score (nSPS) is 12.4. The van der Waals surface area contributed by atoms with Gasteiger partial charge in [-0.2, -0.15) is 0 Å². The van der Waals surface area contributed by atoms with Gasteiger partial charge in [0, 0.05) is 18.2 Å². The minimum Gasteiger partial charge on any atom is -0.466 e. The van der Waals surface area contributed by atoms with E-state index in [-0.39, 0.29) is 11.9 Å². The molecule has 102 valence electrons. The Morgan fingerprint density at radius 2 is 2.17 bits per heavy atom. The summed E-state index contributed by atoms with van der Waals surface area (Å²) in [5.74, 6) is 1.87. The maximum Gasteiger partial charge on any atom is 0.233 e. The summed E-state index contributed by atoms with van der Waals surface area (Å²) in [5.41, 5.74) is 1.12. The molecule has 0 bridgehead atoms. The zero-order valence-electron chi connectivity index (χ0n) is 11.8. The number of furan rings is 1. The molecule has 0 aliphatic rings. The number of unbranched alkanes of at least 4 members (excludes halogenated alkanes) is 1. The third-order valence-corrected chi connectivity index (χ3v) is 2.97. The van der Waals surface area contributed by atoms with Gasteiger partial charge in [-0.1, -0.05) is 13.3 Å². The number of amides is 1. The molecule has 1 heterocycles. The first kappa shape index (κ1) is 14.8. The van der Waals surface area contributed by atoms with E-state index < -0.39 is 0 Å². The van der Waals surface area contributed by atoms with Crippen molar-refractivity contribution < 1.29 is 9.21 Å². The highest BCUT2D eigenvalue weighted by Crippen LogP contribution is 2.20. The average Bonchev–Trinajstić information content (AvgIpc) is 2.66. The van der Waals surface area contributed by atoms with Crippen LogP contribution in [0.5, 0.6) is 0 Å². The summed E-state index contributed by atoms with van der Waals surface area (Å²) in [7, 11) is 0. The van der Waals surface area contributed by atoms with Crippen LogP contribution in [0, 0.1) is 13.8 Å². The topological polar surface area (TPSA) is 54.3 Å². The van der Waals surface area contributed by atoms with Crippen LogP contribution in [0.3, 0.4) is 0 Å². The molecule has 1 unspecified atom stereocenters. The third-order valence-electron chi connectivity index (χ3n) is 2.97. The van der Waals surface area contributed by atoms with Gasteiger partial charge >= 0.3 is 0 Å². The molecule has 1 atom stereocenters. The molecule has 0 radical (unpaired) electrons. The predicted molar refractivity (Wildman–Crippen MR) is 72.5 cm³/mol. The Morgan fingerprint density at radius 3 is 2.72 bits per heavy atom. The fourth-order valence-electron chi connectivity index (χ4n) is 1.90. The SMILES string of the molecule is CCCCNC(=O)CNC(C)c1cc(C)oc1C. The highest BCUT2D eigenvalue weighted by atomic mass is 16.3. The number of hydrogen-bond acceptors (Lipinski definition) is 3. The maximum absolute atomic E-state index is 11.5. The van der Waals surface area contributed by atoms with Crippen LogP contribution in [-0.4, -0.2) is 19.0 Å². The van der Waals surface area contributed by atoms with E-state index in [9.17, 15) is 4.79 Å². The van der Waals surface area contributed by atoms with Gasteiger partial charge in [-0.3, -0.25) is 4.79 Å². The number of carbonyl (C=O) groups is 1. The summed E-state index contributed by atoms with van der Waals surface area (Å²) in [6, 6.07) is 2.14. The summed E-state index contributed by atoms with van der Waals surface area (Å²) in [4.78, 5) is 11.5. The van der Waals surface area contributed by atoms with Crippen LogP contribution in [0.25, 0.3) is 0 Å². The van der Waals surface area contributed by atoms with Crippen LogP contribution in [0.15, 0.2) is 10.5 Å². The molecular weight excluding hydrogens is 228 g/mol. The second kappa shape index (κ2) is 7.21. The van der Waals surface area contributed by atoms with Gasteiger partial charge < -0.3 is 15.1 Å². The van der Waals surface area contributed by atoms with Crippen molar-refractivity contribution in [3.63, 3.8) is 0 Å². The summed E-state index contributed by atoms with van der Waals surface area (Å²) in [6.07, 6.45) is 2.12. The Balaban J connectivity index is 2.34. The van der Waals surface area contributed by atoms with Crippen molar-refractivity contribution in [3.05, 3.63) is 23.2 Å². The third kappa shape index (κ3) is 4.53. The molecule has 1 aromatic heterocycles. The van der Waals surface area contributed by atoms with Crippen molar-refractivity contribution in [1.82, 2.24) is 10.6 Å². The number of nitrogens with one attached hydrogen (secondary N) is 2. The van der Waals surface area contributed by atoms with Gasteiger partial charge in [0.15, 0.2) is 0 Å². The molecule has 1 rings (SSSR count). The van der Waals surface area contributed by atoms with Crippen molar-refractivity contribution in [1.29, 1.82) is 0 Å². The first-order valence-corrected chi connectivity index (χ1v) is 6.61. The zero-order valence-corrected chi connectivity index (χ0v) is 11.8. The molecule has 1 amide bonds. The van der Waals surface area contributed by atoms with E-state index in [0.717, 1.165) is 36.5 Å². The van der Waals surface area contributed by atoms with Crippen LogP contribution in [0.2, 0.25) is 0 Å². The van der Waals surface area contributed by atoms with Crippen molar-refractivity contribution in [2.45, 2.75) is 46.6 Å². The molecular formula is C14H24N2O2. The second-order valence-electron chi connectivity index (χ2n) is 4.67. The fraction of sp³-hybridized carbons (Fsp3) is 0.643. The van der Waals surface area contributed by atoms with E-state index in [1.807, 2.05) is 26.8 Å². The van der Waals surface area contributed by atoms with E-state index in [1.54, 1.807) is 0 Å². The quantitative estimate of drug-likeness (QED) is 0.733. The number of aryl methyl sites for hydroxylation is 2. The lowest BCUT2D eigenvalue weighted by atomic mass is 10.1. The van der Waals surface area contributed by atoms with Crippen LogP contribution in [-0.2, 0) is 4.79 Å². The predicted octanol–water partition coefficient (Wildman–Crippen LogP) is 2.46. The monoisotopic (exact) mass is 252 g/mol. The molecule has 0 aromatic carbocycles. The Morgan fingerprint density at radius 1 is 1.44 bits per heavy atom. The summed E-state index contributed by atoms with van der Waals surface area (Å²) < 4.78 is 5.48. The lowest BCUT2D eigenvalue weighted by Crippen LogP contribution is -2.35. The van der Waals surface area contributed by atoms with E-state index in [1.165, 1.54) is 0 Å². The number of carbonyl (C=O) groups excluding carboxylic acids is 1. The van der Waals surface area contributed by atoms with Crippen molar-refractivity contribution in [2.24, 2.45) is 0 Å². The van der Waals surface area contributed by atoms with Crippen molar-refractivity contribution >= 4 is 5.91 Å². The minimum atomic E-state index is 0.0492. The Kier molecular flexibility index (Phi) is 5.92. The van der Waals surface area contributed by atoms with Crippen LogP contribution >= 0.6 is 0 Å². The van der Waals surface area contributed by atoms with Crippen molar-refractivity contribution in [2.75, 3.05) is 13.1 Å². The highest BCUT2D eigenvalue weighted by Gasteiger charge is 2.13. The van der Waals surface area contributed by atoms with Crippen LogP contribution in [0.1, 0.15) is 49.8 Å². The molecule has 0 aliphatic carbocycles. The van der Waals surface area contributed by atoms with E-state index in [4.69, 9.17) is 4.42 Å². The van der Waals surface area contributed by atoms with Crippen LogP contribution < -0.4 is 10.6 Å². The van der Waals surface area contributed by atoms with Crippen molar-refractivity contribution in [3.8, 4) is 0 Å². The van der Waals surface area contributed by atoms with E-state index in [2.05, 4.69) is 17.6 Å². The molecule has 1 aromatic rings. The molecule has 0 spiro atoms. The van der Waals surface area contributed by atoms with Gasteiger partial charge in [0.05, 0.1) is 6.54 Å². The molecule has 2 N–H and O–H groups in total. The second-order valence-corrected chi connectivity index (χ2v) is 4.67. The first-order chi connectivity index (χ1) is 8.54. The Bertz CT molecular complexity index is 385. The van der Waals surface area contributed by atoms with Gasteiger partial charge in [-0.25, -0.2) is 0 Å². The molecule has 0 saturated carbocycles. The van der Waals surface area contributed by atoms with Gasteiger partial charge in [0.1, 0.15) is 11.5 Å². The lowest BCUT2D eigenvalue weighted by Gasteiger charge is -2.13. The standard InChI is InChI=1S/C14H24N2O2/c1-5-6-7-15-14(17)9-16-11(3)13-8-10(2)18-12(13)4/h8,11,16H,5-7,9H2,1-4H3,(H,15,17). The van der Waals surface area contributed by atoms with E-state index in [0.29, 0.717) is 6.54 Å². The maximum atomic E-state index is 11.5. The molecule has 18 heavy (non-hydrogen) atoms. The van der Waals surface area contributed by atoms with Gasteiger partial charge in [0.25, 0.3) is 0 Å². The van der Waals surface area contributed by atoms with Gasteiger partial charge in [-0.15, -0.1) is 0 Å². The lowest BCUT2D eigenvalue weighted by molar-refractivity contribution is -0.120. The number of hydrogen-bond donors (Lipinski definition) is 2. The molecule has 4 nitrogen and oxygen atoms in total. The summed E-state index contributed by atoms with van der Waals surface area (Å²) in [6.45, 7) is 9.12. The molecule has 0 fully saturated rings. The van der Waals surface area contributed by atoms with Crippen LogP contribution in [0.4, 0.5) is 0 Å². The van der Waals surface area contributed by atoms with Gasteiger partial charge in [0.2, 0.25) is 5.91 Å². The highest BCUT2D eigenvalue weighted by molar-refractivity contribution is 5.77. The van der Waals surface area contributed by atoms with Gasteiger partial charge in [-0.05, 0) is 33.3 Å².